The van der Waals surface area contributed by atoms with Crippen LogP contribution in [-0.4, -0.2) is 4.98 Å². The second-order valence-electron chi connectivity index (χ2n) is 12.2. The number of nitrogens with zero attached hydrogens (tertiary/aromatic N) is 1. The topological polar surface area (TPSA) is 12.9 Å². The molecule has 0 aliphatic rings. The number of aromatic nitrogens is 1. The maximum absolute atomic E-state index is 13.8. The number of hydrogen-bond acceptors (Lipinski definition) is 1. The van der Waals surface area contributed by atoms with Crippen molar-refractivity contribution in [2.45, 2.75) is 119 Å². The second kappa shape index (κ2) is 15.9. The monoisotopic (exact) mass is 559 g/mol. The molecule has 3 aromatic rings. The van der Waals surface area contributed by atoms with Crippen molar-refractivity contribution in [1.29, 1.82) is 0 Å². The van der Waals surface area contributed by atoms with Gasteiger partial charge >= 0.3 is 0 Å². The van der Waals surface area contributed by atoms with Gasteiger partial charge in [-0.2, -0.15) is 0 Å². The van der Waals surface area contributed by atoms with E-state index in [9.17, 15) is 17.6 Å². The molecule has 0 atom stereocenters. The Balaban J connectivity index is 0.000000300. The van der Waals surface area contributed by atoms with Crippen molar-refractivity contribution in [2.24, 2.45) is 0 Å². The Bertz CT molecular complexity index is 1150. The standard InChI is InChI=1S/C12H16F2.C12H17F.C11H16FN/c1-7(2)9-5-6-10(13)11(8(3)4)12(9)14;1-8(2)10-5-6-12(13)11(7-10)9(3)4;1-7(2)9-5-11(8(3)4)13-6-10(9)12/h5-8H,1-4H3;5-9H,1-4H3;5-8H,1-4H3. The summed E-state index contributed by atoms with van der Waals surface area (Å²) in [4.78, 5) is 4.05. The first-order valence-corrected chi connectivity index (χ1v) is 14.4. The Morgan fingerprint density at radius 3 is 1.43 bits per heavy atom. The van der Waals surface area contributed by atoms with Gasteiger partial charge in [0.2, 0.25) is 0 Å². The summed E-state index contributed by atoms with van der Waals surface area (Å²) >= 11 is 0. The summed E-state index contributed by atoms with van der Waals surface area (Å²) in [7, 11) is 0. The first-order chi connectivity index (χ1) is 18.5. The first-order valence-electron chi connectivity index (χ1n) is 14.4. The van der Waals surface area contributed by atoms with Gasteiger partial charge in [-0.15, -0.1) is 0 Å². The van der Waals surface area contributed by atoms with Crippen LogP contribution in [0.15, 0.2) is 42.6 Å². The van der Waals surface area contributed by atoms with Gasteiger partial charge in [-0.25, -0.2) is 17.6 Å². The Labute approximate surface area is 240 Å². The fourth-order valence-electron chi connectivity index (χ4n) is 4.15. The van der Waals surface area contributed by atoms with E-state index in [4.69, 9.17) is 0 Å². The minimum absolute atomic E-state index is 0.0839. The molecule has 0 saturated heterocycles. The van der Waals surface area contributed by atoms with Crippen molar-refractivity contribution in [1.82, 2.24) is 4.98 Å². The highest BCUT2D eigenvalue weighted by Gasteiger charge is 2.17. The average molecular weight is 560 g/mol. The van der Waals surface area contributed by atoms with E-state index in [-0.39, 0.29) is 46.7 Å². The summed E-state index contributed by atoms with van der Waals surface area (Å²) in [6, 6.07) is 10.2. The third-order valence-corrected chi connectivity index (χ3v) is 6.78. The molecule has 0 fully saturated rings. The number of benzene rings is 2. The predicted molar refractivity (Wildman–Crippen MR) is 161 cm³/mol. The van der Waals surface area contributed by atoms with Crippen LogP contribution in [0, 0.1) is 23.3 Å². The van der Waals surface area contributed by atoms with Crippen LogP contribution in [-0.2, 0) is 0 Å². The normalized spacial score (nSPS) is 11.3. The fraction of sp³-hybridized carbons (Fsp3) is 0.514. The molecule has 0 bridgehead atoms. The number of halogens is 4. The summed E-state index contributed by atoms with van der Waals surface area (Å²) < 4.78 is 53.6. The lowest BCUT2D eigenvalue weighted by Crippen LogP contribution is -2.03. The van der Waals surface area contributed by atoms with Crippen molar-refractivity contribution >= 4 is 0 Å². The molecule has 0 N–H and O–H groups in total. The van der Waals surface area contributed by atoms with E-state index in [0.717, 1.165) is 16.8 Å². The van der Waals surface area contributed by atoms with E-state index in [1.165, 1.54) is 23.9 Å². The van der Waals surface area contributed by atoms with Gasteiger partial charge in [-0.1, -0.05) is 101 Å². The summed E-state index contributed by atoms with van der Waals surface area (Å²) in [6.07, 6.45) is 1.32. The van der Waals surface area contributed by atoms with Crippen molar-refractivity contribution < 1.29 is 17.6 Å². The van der Waals surface area contributed by atoms with Crippen LogP contribution in [0.1, 0.15) is 152 Å². The first kappa shape index (κ1) is 35.3. The highest BCUT2D eigenvalue weighted by Crippen LogP contribution is 2.28. The molecular formula is C35H49F4N. The molecule has 0 aliphatic heterocycles. The van der Waals surface area contributed by atoms with E-state index in [2.05, 4.69) is 32.7 Å². The van der Waals surface area contributed by atoms with Crippen LogP contribution < -0.4 is 0 Å². The molecule has 0 aliphatic carbocycles. The zero-order valence-corrected chi connectivity index (χ0v) is 26.5. The Hall–Kier alpha value is -2.69. The summed E-state index contributed by atoms with van der Waals surface area (Å²) in [5, 5.41) is 0. The zero-order valence-electron chi connectivity index (χ0n) is 26.5. The molecule has 3 rings (SSSR count). The Kier molecular flexibility index (Phi) is 14.1. The van der Waals surface area contributed by atoms with Gasteiger partial charge in [0, 0.05) is 11.3 Å². The fourth-order valence-corrected chi connectivity index (χ4v) is 4.15. The molecule has 1 heterocycles. The van der Waals surface area contributed by atoms with Crippen LogP contribution in [0.4, 0.5) is 17.6 Å². The van der Waals surface area contributed by atoms with E-state index >= 15 is 0 Å². The molecule has 5 heteroatoms. The van der Waals surface area contributed by atoms with Gasteiger partial charge in [-0.05, 0) is 76.0 Å². The molecule has 1 nitrogen and oxygen atoms in total. The van der Waals surface area contributed by atoms with Gasteiger partial charge in [0.15, 0.2) is 0 Å². The van der Waals surface area contributed by atoms with Crippen LogP contribution in [0.25, 0.3) is 0 Å². The van der Waals surface area contributed by atoms with Crippen LogP contribution in [0.3, 0.4) is 0 Å². The minimum Gasteiger partial charge on any atom is -0.258 e. The molecule has 0 spiro atoms. The lowest BCUT2D eigenvalue weighted by molar-refractivity contribution is 0.527. The maximum atomic E-state index is 13.8. The molecule has 40 heavy (non-hydrogen) atoms. The highest BCUT2D eigenvalue weighted by atomic mass is 19.1. The maximum Gasteiger partial charge on any atom is 0.144 e. The predicted octanol–water partition coefficient (Wildman–Crippen LogP) is 11.8. The number of pyridine rings is 1. The molecule has 0 unspecified atom stereocenters. The summed E-state index contributed by atoms with van der Waals surface area (Å²) in [5.74, 6) is 0.188. The van der Waals surface area contributed by atoms with Crippen molar-refractivity contribution in [2.75, 3.05) is 0 Å². The molecule has 0 amide bonds. The highest BCUT2D eigenvalue weighted by molar-refractivity contribution is 5.32. The third kappa shape index (κ3) is 10.1. The van der Waals surface area contributed by atoms with Gasteiger partial charge in [0.25, 0.3) is 0 Å². The number of rotatable bonds is 6. The summed E-state index contributed by atoms with van der Waals surface area (Å²) in [6.45, 7) is 23.8. The van der Waals surface area contributed by atoms with Crippen LogP contribution >= 0.6 is 0 Å². The Morgan fingerprint density at radius 2 is 0.975 bits per heavy atom. The average Bonchev–Trinajstić information content (AvgIpc) is 2.84. The lowest BCUT2D eigenvalue weighted by Gasteiger charge is -2.14. The van der Waals surface area contributed by atoms with Crippen LogP contribution in [0.2, 0.25) is 0 Å². The Morgan fingerprint density at radius 1 is 0.475 bits per heavy atom. The molecule has 2 aromatic carbocycles. The van der Waals surface area contributed by atoms with Crippen molar-refractivity contribution in [3.63, 3.8) is 0 Å². The number of hydrogen-bond donors (Lipinski definition) is 0. The SMILES string of the molecule is CC(C)c1cc(C(C)C)c(F)cn1.CC(C)c1ccc(F)c(C(C)C)c1.CC(C)c1ccc(F)c(C(C)C)c1F. The minimum atomic E-state index is -0.443. The van der Waals surface area contributed by atoms with Gasteiger partial charge in [-0.3, -0.25) is 4.98 Å². The quantitative estimate of drug-likeness (QED) is 0.274. The zero-order chi connectivity index (χ0) is 30.9. The van der Waals surface area contributed by atoms with Crippen molar-refractivity contribution in [3.05, 3.63) is 99.4 Å². The smallest absolute Gasteiger partial charge is 0.144 e. The van der Waals surface area contributed by atoms with Gasteiger partial charge in [0.1, 0.15) is 23.3 Å². The molecule has 1 aromatic heterocycles. The molecule has 0 saturated carbocycles. The largest absolute Gasteiger partial charge is 0.258 e. The molecular weight excluding hydrogens is 510 g/mol. The lowest BCUT2D eigenvalue weighted by atomic mass is 9.94. The van der Waals surface area contributed by atoms with Crippen LogP contribution in [0.5, 0.6) is 0 Å². The summed E-state index contributed by atoms with van der Waals surface area (Å²) in [5.41, 5.74) is 4.56. The van der Waals surface area contributed by atoms with E-state index in [1.54, 1.807) is 19.9 Å². The van der Waals surface area contributed by atoms with E-state index in [0.29, 0.717) is 17.4 Å². The van der Waals surface area contributed by atoms with E-state index in [1.807, 2.05) is 59.7 Å². The third-order valence-electron chi connectivity index (χ3n) is 6.78. The molecule has 222 valence electrons. The second-order valence-corrected chi connectivity index (χ2v) is 12.2. The van der Waals surface area contributed by atoms with Gasteiger partial charge in [0.05, 0.1) is 6.20 Å². The molecule has 0 radical (unpaired) electrons. The van der Waals surface area contributed by atoms with Crippen molar-refractivity contribution in [3.8, 4) is 0 Å². The van der Waals surface area contributed by atoms with E-state index < -0.39 is 5.82 Å². The van der Waals surface area contributed by atoms with Gasteiger partial charge < -0.3 is 0 Å².